The van der Waals surface area contributed by atoms with Gasteiger partial charge in [0.1, 0.15) is 5.65 Å². The normalized spacial score (nSPS) is 17.3. The highest BCUT2D eigenvalue weighted by atomic mass is 35.5. The number of halogens is 1. The van der Waals surface area contributed by atoms with Gasteiger partial charge in [-0.05, 0) is 32.0 Å². The molecule has 5 heterocycles. The lowest BCUT2D eigenvalue weighted by atomic mass is 10.2. The lowest BCUT2D eigenvalue weighted by molar-refractivity contribution is 0.484. The van der Waals surface area contributed by atoms with Gasteiger partial charge in [0, 0.05) is 55.9 Å². The van der Waals surface area contributed by atoms with Crippen molar-refractivity contribution in [3.8, 4) is 11.3 Å². The van der Waals surface area contributed by atoms with E-state index in [9.17, 15) is 4.79 Å². The monoisotopic (exact) mass is 408 g/mol. The summed E-state index contributed by atoms with van der Waals surface area (Å²) in [4.78, 5) is 24.3. The minimum atomic E-state index is -0.118. The maximum atomic E-state index is 12.9. The lowest BCUT2D eigenvalue weighted by Crippen LogP contribution is -2.49. The van der Waals surface area contributed by atoms with Crippen molar-refractivity contribution in [3.63, 3.8) is 0 Å². The van der Waals surface area contributed by atoms with Crippen LogP contribution < -0.4 is 15.8 Å². The first kappa shape index (κ1) is 18.1. The molecule has 0 aromatic carbocycles. The molecular weight excluding hydrogens is 388 g/mol. The zero-order valence-electron chi connectivity index (χ0n) is 16.3. The van der Waals surface area contributed by atoms with Crippen LogP contribution in [0.25, 0.3) is 22.6 Å². The summed E-state index contributed by atoms with van der Waals surface area (Å²) in [5, 5.41) is 3.96. The molecule has 0 bridgehead atoms. The minimum absolute atomic E-state index is 0.118. The van der Waals surface area contributed by atoms with Gasteiger partial charge in [-0.1, -0.05) is 11.6 Å². The van der Waals surface area contributed by atoms with Crippen LogP contribution in [0.3, 0.4) is 0 Å². The Morgan fingerprint density at radius 3 is 2.86 bits per heavy atom. The zero-order valence-corrected chi connectivity index (χ0v) is 17.0. The van der Waals surface area contributed by atoms with Crippen LogP contribution in [0.1, 0.15) is 12.6 Å². The van der Waals surface area contributed by atoms with E-state index in [-0.39, 0.29) is 5.56 Å². The molecule has 5 rings (SSSR count). The Morgan fingerprint density at radius 2 is 2.03 bits per heavy atom. The van der Waals surface area contributed by atoms with Crippen molar-refractivity contribution in [2.75, 3.05) is 24.5 Å². The summed E-state index contributed by atoms with van der Waals surface area (Å²) in [7, 11) is 0. The highest BCUT2D eigenvalue weighted by molar-refractivity contribution is 6.33. The topological polar surface area (TPSA) is 66.9 Å². The van der Waals surface area contributed by atoms with E-state index in [1.165, 1.54) is 0 Å². The second-order valence-electron chi connectivity index (χ2n) is 7.59. The van der Waals surface area contributed by atoms with Crippen LogP contribution in [-0.4, -0.2) is 44.4 Å². The van der Waals surface area contributed by atoms with Gasteiger partial charge in [0.05, 0.1) is 22.1 Å². The van der Waals surface area contributed by atoms with Crippen molar-refractivity contribution in [2.24, 2.45) is 0 Å². The molecule has 1 aliphatic rings. The number of nitrogens with zero attached hydrogens (tertiary/aromatic N) is 5. The van der Waals surface area contributed by atoms with E-state index in [2.05, 4.69) is 22.1 Å². The van der Waals surface area contributed by atoms with Crippen LogP contribution >= 0.6 is 11.6 Å². The van der Waals surface area contributed by atoms with Gasteiger partial charge in [-0.25, -0.2) is 9.97 Å². The van der Waals surface area contributed by atoms with Gasteiger partial charge in [0.25, 0.3) is 5.56 Å². The summed E-state index contributed by atoms with van der Waals surface area (Å²) in [6.45, 7) is 6.84. The highest BCUT2D eigenvalue weighted by Crippen LogP contribution is 2.25. The highest BCUT2D eigenvalue weighted by Gasteiger charge is 2.17. The molecule has 1 atom stereocenters. The quantitative estimate of drug-likeness (QED) is 0.552. The van der Waals surface area contributed by atoms with Crippen LogP contribution in [0, 0.1) is 6.92 Å². The zero-order chi connectivity index (χ0) is 20.1. The molecule has 1 fully saturated rings. The number of nitrogens with one attached hydrogen (secondary N) is 1. The summed E-state index contributed by atoms with van der Waals surface area (Å²) in [6.07, 6.45) is 5.68. The van der Waals surface area contributed by atoms with Crippen molar-refractivity contribution in [1.82, 2.24) is 24.1 Å². The van der Waals surface area contributed by atoms with Gasteiger partial charge in [-0.15, -0.1) is 0 Å². The predicted octanol–water partition coefficient (Wildman–Crippen LogP) is 2.77. The third-order valence-electron chi connectivity index (χ3n) is 5.30. The number of imidazole rings is 1. The number of rotatable bonds is 2. The lowest BCUT2D eigenvalue weighted by Gasteiger charge is -2.33. The second-order valence-corrected chi connectivity index (χ2v) is 7.99. The first-order chi connectivity index (χ1) is 14.0. The predicted molar refractivity (Wildman–Crippen MR) is 115 cm³/mol. The molecule has 1 N–H and O–H groups in total. The average molecular weight is 409 g/mol. The van der Waals surface area contributed by atoms with E-state index < -0.39 is 0 Å². The molecule has 4 aromatic rings. The molecule has 8 heteroatoms. The van der Waals surface area contributed by atoms with Crippen molar-refractivity contribution >= 4 is 28.6 Å². The second kappa shape index (κ2) is 6.86. The first-order valence-corrected chi connectivity index (χ1v) is 10.0. The van der Waals surface area contributed by atoms with E-state index in [1.54, 1.807) is 16.5 Å². The summed E-state index contributed by atoms with van der Waals surface area (Å²) in [6, 6.07) is 7.70. The van der Waals surface area contributed by atoms with Crippen LogP contribution in [0.5, 0.6) is 0 Å². The molecule has 0 aliphatic carbocycles. The fraction of sp³-hybridized carbons (Fsp3) is 0.286. The molecule has 4 aromatic heterocycles. The van der Waals surface area contributed by atoms with E-state index in [0.717, 1.165) is 36.6 Å². The van der Waals surface area contributed by atoms with Gasteiger partial charge in [0.15, 0.2) is 5.65 Å². The Morgan fingerprint density at radius 1 is 1.17 bits per heavy atom. The molecule has 0 saturated carbocycles. The molecule has 29 heavy (non-hydrogen) atoms. The number of hydrogen-bond acceptors (Lipinski definition) is 5. The third kappa shape index (κ3) is 3.26. The number of hydrogen-bond donors (Lipinski definition) is 1. The smallest absolute Gasteiger partial charge is 0.258 e. The van der Waals surface area contributed by atoms with E-state index >= 15 is 0 Å². The van der Waals surface area contributed by atoms with Crippen molar-refractivity contribution in [3.05, 3.63) is 63.9 Å². The molecule has 0 amide bonds. The van der Waals surface area contributed by atoms with Crippen LogP contribution in [0.15, 0.2) is 47.7 Å². The third-order valence-corrected chi connectivity index (χ3v) is 5.58. The standard InChI is InChI=1S/C21H21ClN6O/c1-13-9-26(6-5-23-13)16-3-4-19-25-18(8-20(29)28(19)12-16)15-7-17(22)21-24-14(2)10-27(21)11-15/h3-4,7-8,10-13,23H,5-6,9H2,1-2H3/t13-/m0/s1. The SMILES string of the molecule is Cc1cn2cc(-c3cc(=O)n4cc(N5CCN[C@@H](C)C5)ccc4n3)cc(Cl)c2n1. The fourth-order valence-corrected chi connectivity index (χ4v) is 4.17. The van der Waals surface area contributed by atoms with Gasteiger partial charge < -0.3 is 14.6 Å². The number of piperazine rings is 1. The minimum Gasteiger partial charge on any atom is -0.368 e. The number of aryl methyl sites for hydroxylation is 1. The Hall–Kier alpha value is -2.90. The Bertz CT molecular complexity index is 1290. The number of aromatic nitrogens is 4. The number of fused-ring (bicyclic) bond motifs is 2. The molecule has 0 spiro atoms. The molecule has 7 nitrogen and oxygen atoms in total. The summed E-state index contributed by atoms with van der Waals surface area (Å²) in [5.41, 5.74) is 4.46. The first-order valence-electron chi connectivity index (χ1n) is 9.65. The van der Waals surface area contributed by atoms with Gasteiger partial charge in [0.2, 0.25) is 0 Å². The molecular formula is C21H21ClN6O. The molecule has 148 valence electrons. The molecule has 0 radical (unpaired) electrons. The summed E-state index contributed by atoms with van der Waals surface area (Å²) < 4.78 is 3.47. The van der Waals surface area contributed by atoms with Crippen LogP contribution in [0.2, 0.25) is 5.02 Å². The van der Waals surface area contributed by atoms with Crippen molar-refractivity contribution < 1.29 is 0 Å². The maximum absolute atomic E-state index is 12.9. The Kier molecular flexibility index (Phi) is 4.29. The summed E-state index contributed by atoms with van der Waals surface area (Å²) >= 11 is 6.40. The fourth-order valence-electron chi connectivity index (χ4n) is 3.91. The van der Waals surface area contributed by atoms with E-state index in [0.29, 0.717) is 28.1 Å². The van der Waals surface area contributed by atoms with Gasteiger partial charge in [-0.3, -0.25) is 9.20 Å². The van der Waals surface area contributed by atoms with Crippen molar-refractivity contribution in [1.29, 1.82) is 0 Å². The Balaban J connectivity index is 1.58. The van der Waals surface area contributed by atoms with E-state index in [4.69, 9.17) is 16.6 Å². The molecule has 0 unspecified atom stereocenters. The average Bonchev–Trinajstić information content (AvgIpc) is 3.08. The largest absolute Gasteiger partial charge is 0.368 e. The van der Waals surface area contributed by atoms with Crippen molar-refractivity contribution in [2.45, 2.75) is 19.9 Å². The number of pyridine rings is 2. The molecule has 1 saturated heterocycles. The van der Waals surface area contributed by atoms with Crippen LogP contribution in [0.4, 0.5) is 5.69 Å². The van der Waals surface area contributed by atoms with Crippen LogP contribution in [-0.2, 0) is 0 Å². The van der Waals surface area contributed by atoms with Gasteiger partial charge in [-0.2, -0.15) is 0 Å². The van der Waals surface area contributed by atoms with E-state index in [1.807, 2.05) is 42.0 Å². The molecule has 1 aliphatic heterocycles. The number of anilines is 1. The Labute approximate surface area is 172 Å². The summed E-state index contributed by atoms with van der Waals surface area (Å²) in [5.74, 6) is 0. The maximum Gasteiger partial charge on any atom is 0.258 e. The van der Waals surface area contributed by atoms with Gasteiger partial charge >= 0.3 is 0 Å².